The Morgan fingerprint density at radius 1 is 1.20 bits per heavy atom. The lowest BCUT2D eigenvalue weighted by Gasteiger charge is -2.11. The molecule has 130 valence electrons. The van der Waals surface area contributed by atoms with Gasteiger partial charge in [0.25, 0.3) is 5.91 Å². The van der Waals surface area contributed by atoms with E-state index in [9.17, 15) is 9.18 Å². The van der Waals surface area contributed by atoms with Gasteiger partial charge in [0.2, 0.25) is 0 Å². The van der Waals surface area contributed by atoms with Crippen LogP contribution >= 0.6 is 0 Å². The minimum absolute atomic E-state index is 0.205. The number of hydrogen-bond donors (Lipinski definition) is 1. The Kier molecular flexibility index (Phi) is 4.29. The molecule has 0 aliphatic carbocycles. The van der Waals surface area contributed by atoms with Gasteiger partial charge in [-0.15, -0.1) is 0 Å². The van der Waals surface area contributed by atoms with E-state index in [1.165, 1.54) is 12.1 Å². The summed E-state index contributed by atoms with van der Waals surface area (Å²) in [4.78, 5) is 17.2. The summed E-state index contributed by atoms with van der Waals surface area (Å²) < 4.78 is 15.4. The van der Waals surface area contributed by atoms with Gasteiger partial charge in [-0.1, -0.05) is 0 Å². The number of carbonyl (C=O) groups excluding carboxylic acids is 1. The molecule has 0 saturated carbocycles. The Bertz CT molecular complexity index is 970. The number of pyridine rings is 1. The average molecular weight is 340 g/mol. The predicted molar refractivity (Wildman–Crippen MR) is 96.5 cm³/mol. The number of amides is 1. The monoisotopic (exact) mass is 340 g/mol. The van der Waals surface area contributed by atoms with E-state index in [-0.39, 0.29) is 17.8 Å². The third kappa shape index (κ3) is 3.12. The molecule has 0 spiro atoms. The van der Waals surface area contributed by atoms with Crippen molar-refractivity contribution in [2.24, 2.45) is 0 Å². The highest BCUT2D eigenvalue weighted by Gasteiger charge is 2.18. The molecule has 1 N–H and O–H groups in total. The maximum atomic E-state index is 13.5. The SMILES string of the molecule is Cc1cc(C(=O)Nc2c(C)nn(C(C)C)c2C)c2ccc(F)cc2n1. The smallest absolute Gasteiger partial charge is 0.256 e. The lowest BCUT2D eigenvalue weighted by molar-refractivity contribution is 0.102. The zero-order valence-electron chi connectivity index (χ0n) is 15.0. The van der Waals surface area contributed by atoms with E-state index in [1.807, 2.05) is 32.4 Å². The van der Waals surface area contributed by atoms with E-state index in [0.717, 1.165) is 11.4 Å². The molecule has 1 amide bonds. The van der Waals surface area contributed by atoms with E-state index in [2.05, 4.69) is 15.4 Å². The summed E-state index contributed by atoms with van der Waals surface area (Å²) >= 11 is 0. The minimum Gasteiger partial charge on any atom is -0.319 e. The topological polar surface area (TPSA) is 59.8 Å². The Morgan fingerprint density at radius 2 is 1.92 bits per heavy atom. The molecule has 25 heavy (non-hydrogen) atoms. The largest absolute Gasteiger partial charge is 0.319 e. The van der Waals surface area contributed by atoms with Gasteiger partial charge in [-0.3, -0.25) is 14.5 Å². The van der Waals surface area contributed by atoms with Crippen molar-refractivity contribution in [3.63, 3.8) is 0 Å². The van der Waals surface area contributed by atoms with Crippen LogP contribution < -0.4 is 5.32 Å². The molecule has 6 heteroatoms. The van der Waals surface area contributed by atoms with E-state index < -0.39 is 0 Å². The summed E-state index contributed by atoms with van der Waals surface area (Å²) in [6, 6.07) is 6.18. The number of carbonyl (C=O) groups is 1. The van der Waals surface area contributed by atoms with E-state index >= 15 is 0 Å². The maximum Gasteiger partial charge on any atom is 0.256 e. The van der Waals surface area contributed by atoms with Crippen LogP contribution in [-0.4, -0.2) is 20.7 Å². The molecule has 0 aliphatic rings. The Hall–Kier alpha value is -2.76. The molecular formula is C19H21FN4O. The molecule has 2 heterocycles. The first-order valence-electron chi connectivity index (χ1n) is 8.22. The minimum atomic E-state index is -0.373. The third-order valence-electron chi connectivity index (χ3n) is 4.20. The van der Waals surface area contributed by atoms with Crippen molar-refractivity contribution >= 4 is 22.5 Å². The molecule has 1 aromatic carbocycles. The second-order valence-corrected chi connectivity index (χ2v) is 6.51. The van der Waals surface area contributed by atoms with Crippen molar-refractivity contribution in [2.75, 3.05) is 5.32 Å². The highest BCUT2D eigenvalue weighted by Crippen LogP contribution is 2.25. The van der Waals surface area contributed by atoms with Crippen LogP contribution in [0.1, 0.15) is 47.3 Å². The molecule has 2 aromatic heterocycles. The van der Waals surface area contributed by atoms with Crippen LogP contribution in [0.3, 0.4) is 0 Å². The zero-order valence-corrected chi connectivity index (χ0v) is 15.0. The number of anilines is 1. The van der Waals surface area contributed by atoms with Gasteiger partial charge in [-0.05, 0) is 52.8 Å². The molecule has 0 unspecified atom stereocenters. The molecular weight excluding hydrogens is 319 g/mol. The number of aromatic nitrogens is 3. The van der Waals surface area contributed by atoms with Crippen LogP contribution in [-0.2, 0) is 0 Å². The van der Waals surface area contributed by atoms with Crippen LogP contribution in [0.5, 0.6) is 0 Å². The predicted octanol–water partition coefficient (Wildman–Crippen LogP) is 4.33. The van der Waals surface area contributed by atoms with Gasteiger partial charge in [-0.2, -0.15) is 5.10 Å². The number of aryl methyl sites for hydroxylation is 2. The fourth-order valence-corrected chi connectivity index (χ4v) is 3.05. The molecule has 0 saturated heterocycles. The first-order valence-corrected chi connectivity index (χ1v) is 8.22. The summed E-state index contributed by atoms with van der Waals surface area (Å²) in [5.74, 6) is -0.626. The van der Waals surface area contributed by atoms with Crippen molar-refractivity contribution < 1.29 is 9.18 Å². The second kappa shape index (κ2) is 6.27. The second-order valence-electron chi connectivity index (χ2n) is 6.51. The number of nitrogens with one attached hydrogen (secondary N) is 1. The first-order chi connectivity index (χ1) is 11.8. The fourth-order valence-electron chi connectivity index (χ4n) is 3.05. The zero-order chi connectivity index (χ0) is 18.3. The molecule has 3 aromatic rings. The summed E-state index contributed by atoms with van der Waals surface area (Å²) in [6.45, 7) is 9.67. The van der Waals surface area contributed by atoms with E-state index in [1.54, 1.807) is 19.1 Å². The first kappa shape index (κ1) is 17.1. The van der Waals surface area contributed by atoms with Crippen LogP contribution in [0.4, 0.5) is 10.1 Å². The Balaban J connectivity index is 2.04. The molecule has 0 aliphatic heterocycles. The quantitative estimate of drug-likeness (QED) is 0.772. The van der Waals surface area contributed by atoms with Crippen LogP contribution in [0.15, 0.2) is 24.3 Å². The molecule has 0 fully saturated rings. The van der Waals surface area contributed by atoms with Gasteiger partial charge in [0.15, 0.2) is 0 Å². The Labute approximate surface area is 145 Å². The Morgan fingerprint density at radius 3 is 2.56 bits per heavy atom. The van der Waals surface area contributed by atoms with Crippen molar-refractivity contribution in [2.45, 2.75) is 40.7 Å². The number of nitrogens with zero attached hydrogens (tertiary/aromatic N) is 3. The van der Waals surface area contributed by atoms with Crippen LogP contribution in [0.2, 0.25) is 0 Å². The lowest BCUT2D eigenvalue weighted by Crippen LogP contribution is -2.14. The summed E-state index contributed by atoms with van der Waals surface area (Å²) in [7, 11) is 0. The number of halogens is 1. The van der Waals surface area contributed by atoms with Crippen molar-refractivity contribution in [3.05, 3.63) is 52.7 Å². The molecule has 3 rings (SSSR count). The number of benzene rings is 1. The molecule has 0 radical (unpaired) electrons. The summed E-state index contributed by atoms with van der Waals surface area (Å²) in [6.07, 6.45) is 0. The van der Waals surface area contributed by atoms with E-state index in [4.69, 9.17) is 0 Å². The van der Waals surface area contributed by atoms with E-state index in [0.29, 0.717) is 27.8 Å². The number of hydrogen-bond acceptors (Lipinski definition) is 3. The standard InChI is InChI=1S/C19H21FN4O/c1-10(2)24-13(5)18(12(4)23-24)22-19(25)16-8-11(3)21-17-9-14(20)6-7-15(16)17/h6-10H,1-5H3,(H,22,25). The van der Waals surface area contributed by atoms with Gasteiger partial charge in [-0.25, -0.2) is 4.39 Å². The average Bonchev–Trinajstić information content (AvgIpc) is 2.81. The van der Waals surface area contributed by atoms with Gasteiger partial charge >= 0.3 is 0 Å². The highest BCUT2D eigenvalue weighted by atomic mass is 19.1. The lowest BCUT2D eigenvalue weighted by atomic mass is 10.1. The van der Waals surface area contributed by atoms with Crippen molar-refractivity contribution in [1.82, 2.24) is 14.8 Å². The van der Waals surface area contributed by atoms with Gasteiger partial charge in [0.05, 0.1) is 28.2 Å². The summed E-state index contributed by atoms with van der Waals surface area (Å²) in [5, 5.41) is 8.07. The van der Waals surface area contributed by atoms with Gasteiger partial charge in [0, 0.05) is 23.2 Å². The van der Waals surface area contributed by atoms with Gasteiger partial charge in [0.1, 0.15) is 5.82 Å². The summed E-state index contributed by atoms with van der Waals surface area (Å²) in [5.41, 5.74) is 3.98. The van der Waals surface area contributed by atoms with Crippen molar-refractivity contribution in [1.29, 1.82) is 0 Å². The van der Waals surface area contributed by atoms with Crippen molar-refractivity contribution in [3.8, 4) is 0 Å². The normalized spacial score (nSPS) is 11.3. The third-order valence-corrected chi connectivity index (χ3v) is 4.20. The maximum absolute atomic E-state index is 13.5. The molecule has 5 nitrogen and oxygen atoms in total. The van der Waals surface area contributed by atoms with Crippen LogP contribution in [0.25, 0.3) is 10.9 Å². The number of fused-ring (bicyclic) bond motifs is 1. The fraction of sp³-hybridized carbons (Fsp3) is 0.316. The number of rotatable bonds is 3. The molecule has 0 atom stereocenters. The van der Waals surface area contributed by atoms with Crippen LogP contribution in [0, 0.1) is 26.6 Å². The molecule has 0 bridgehead atoms. The van der Waals surface area contributed by atoms with Gasteiger partial charge < -0.3 is 5.32 Å². The highest BCUT2D eigenvalue weighted by molar-refractivity contribution is 6.12.